The summed E-state index contributed by atoms with van der Waals surface area (Å²) in [6.45, 7) is 2.13. The van der Waals surface area contributed by atoms with Gasteiger partial charge < -0.3 is 9.47 Å². The number of hydrogen-bond acceptors (Lipinski definition) is 2. The van der Waals surface area contributed by atoms with E-state index in [4.69, 9.17) is 0 Å². The van der Waals surface area contributed by atoms with Crippen molar-refractivity contribution in [3.05, 3.63) is 71.5 Å². The van der Waals surface area contributed by atoms with Crippen LogP contribution in [0.25, 0.3) is 0 Å². The van der Waals surface area contributed by atoms with Gasteiger partial charge in [-0.25, -0.2) is 8.78 Å². The lowest BCUT2D eigenvalue weighted by Gasteiger charge is -2.29. The zero-order valence-electron chi connectivity index (χ0n) is 18.5. The van der Waals surface area contributed by atoms with Crippen molar-refractivity contribution >= 4 is 0 Å². The molecule has 34 heavy (non-hydrogen) atoms. The highest BCUT2D eigenvalue weighted by molar-refractivity contribution is 5.35. The quantitative estimate of drug-likeness (QED) is 0.272. The van der Waals surface area contributed by atoms with Gasteiger partial charge in [0.25, 0.3) is 0 Å². The number of rotatable bonds is 8. The second kappa shape index (κ2) is 10.7. The van der Waals surface area contributed by atoms with Gasteiger partial charge in [-0.2, -0.15) is 22.0 Å². The summed E-state index contributed by atoms with van der Waals surface area (Å²) in [7, 11) is 0. The highest BCUT2D eigenvalue weighted by Crippen LogP contribution is 2.40. The molecule has 1 aliphatic rings. The van der Waals surface area contributed by atoms with Gasteiger partial charge in [-0.05, 0) is 67.3 Å². The molecule has 0 atom stereocenters. The van der Waals surface area contributed by atoms with Gasteiger partial charge in [0.2, 0.25) is 0 Å². The molecule has 0 bridgehead atoms. The van der Waals surface area contributed by atoms with Gasteiger partial charge in [0, 0.05) is 6.07 Å². The van der Waals surface area contributed by atoms with Crippen LogP contribution in [0.2, 0.25) is 0 Å². The van der Waals surface area contributed by atoms with Crippen LogP contribution in [-0.2, 0) is 6.11 Å². The number of ether oxygens (including phenoxy) is 2. The smallest absolute Gasteiger partial charge is 0.429 e. The standard InChI is InChI=1S/C25H25F7O2/c1-2-3-16-4-6-17(7-5-16)18-8-10-20(21(26)14-18)25(31,32)34-19-9-11-23(22(27)15-19)33-13-12-24(28,29)30/h8-17H,2-7H2,1H3/b13-12+. The predicted molar refractivity (Wildman–Crippen MR) is 113 cm³/mol. The second-order valence-electron chi connectivity index (χ2n) is 8.42. The predicted octanol–water partition coefficient (Wildman–Crippen LogP) is 8.62. The Balaban J connectivity index is 1.68. The molecule has 0 amide bonds. The van der Waals surface area contributed by atoms with Crippen LogP contribution in [-0.4, -0.2) is 6.18 Å². The number of hydrogen-bond donors (Lipinski definition) is 0. The van der Waals surface area contributed by atoms with E-state index in [-0.39, 0.29) is 18.3 Å². The van der Waals surface area contributed by atoms with Crippen molar-refractivity contribution in [2.75, 3.05) is 0 Å². The maximum absolute atomic E-state index is 14.6. The van der Waals surface area contributed by atoms with Crippen molar-refractivity contribution in [1.29, 1.82) is 0 Å². The van der Waals surface area contributed by atoms with E-state index in [9.17, 15) is 30.7 Å². The molecule has 0 aromatic heterocycles. The minimum atomic E-state index is -4.66. The van der Waals surface area contributed by atoms with Crippen LogP contribution in [0.5, 0.6) is 11.5 Å². The molecule has 2 aromatic carbocycles. The van der Waals surface area contributed by atoms with E-state index in [1.807, 2.05) is 0 Å². The fourth-order valence-corrected chi connectivity index (χ4v) is 4.24. The number of alkyl halides is 5. The average molecular weight is 490 g/mol. The Labute approximate surface area is 193 Å². The van der Waals surface area contributed by atoms with Gasteiger partial charge in [-0.3, -0.25) is 0 Å². The summed E-state index contributed by atoms with van der Waals surface area (Å²) in [4.78, 5) is 0. The molecule has 3 rings (SSSR count). The van der Waals surface area contributed by atoms with E-state index in [1.165, 1.54) is 6.07 Å². The van der Waals surface area contributed by atoms with Crippen LogP contribution < -0.4 is 9.47 Å². The van der Waals surface area contributed by atoms with Crippen LogP contribution in [0.1, 0.15) is 62.5 Å². The second-order valence-corrected chi connectivity index (χ2v) is 8.42. The maximum atomic E-state index is 14.6. The highest BCUT2D eigenvalue weighted by Gasteiger charge is 2.38. The summed E-state index contributed by atoms with van der Waals surface area (Å²) >= 11 is 0. The molecule has 9 heteroatoms. The van der Waals surface area contributed by atoms with Crippen molar-refractivity contribution in [3.63, 3.8) is 0 Å². The Bertz CT molecular complexity index is 993. The lowest BCUT2D eigenvalue weighted by Crippen LogP contribution is -2.24. The molecular weight excluding hydrogens is 465 g/mol. The average Bonchev–Trinajstić information content (AvgIpc) is 2.75. The van der Waals surface area contributed by atoms with E-state index in [0.29, 0.717) is 17.5 Å². The lowest BCUT2D eigenvalue weighted by atomic mass is 9.77. The normalized spacial score (nSPS) is 19.4. The van der Waals surface area contributed by atoms with Crippen LogP contribution in [0.4, 0.5) is 30.7 Å². The van der Waals surface area contributed by atoms with Crippen LogP contribution >= 0.6 is 0 Å². The summed E-state index contributed by atoms with van der Waals surface area (Å²) in [5.41, 5.74) is -0.337. The van der Waals surface area contributed by atoms with Gasteiger partial charge in [0.1, 0.15) is 11.6 Å². The van der Waals surface area contributed by atoms with Crippen molar-refractivity contribution in [3.8, 4) is 11.5 Å². The van der Waals surface area contributed by atoms with Crippen LogP contribution in [0.3, 0.4) is 0 Å². The number of halogens is 7. The largest absolute Gasteiger partial charge is 0.462 e. The SMILES string of the molecule is CCCC1CCC(c2ccc(C(F)(F)Oc3ccc(O/C=C/C(F)(F)F)c(F)c3)c(F)c2)CC1. The van der Waals surface area contributed by atoms with Crippen molar-refractivity contribution in [1.82, 2.24) is 0 Å². The zero-order chi connectivity index (χ0) is 24.9. The van der Waals surface area contributed by atoms with Crippen LogP contribution in [0.15, 0.2) is 48.7 Å². The molecule has 0 aliphatic heterocycles. The van der Waals surface area contributed by atoms with Gasteiger partial charge in [0.05, 0.1) is 17.9 Å². The molecule has 0 heterocycles. The zero-order valence-corrected chi connectivity index (χ0v) is 18.5. The molecule has 0 unspecified atom stereocenters. The molecule has 2 aromatic rings. The molecule has 186 valence electrons. The van der Waals surface area contributed by atoms with Crippen molar-refractivity contribution in [2.45, 2.75) is 63.7 Å². The Kier molecular flexibility index (Phi) is 8.15. The van der Waals surface area contributed by atoms with Gasteiger partial charge in [-0.15, -0.1) is 0 Å². The van der Waals surface area contributed by atoms with Gasteiger partial charge >= 0.3 is 12.3 Å². The van der Waals surface area contributed by atoms with Crippen LogP contribution in [0, 0.1) is 17.6 Å². The van der Waals surface area contributed by atoms with Crippen molar-refractivity contribution < 1.29 is 40.2 Å². The lowest BCUT2D eigenvalue weighted by molar-refractivity contribution is -0.187. The Morgan fingerprint density at radius 2 is 1.62 bits per heavy atom. The first-order valence-electron chi connectivity index (χ1n) is 11.1. The van der Waals surface area contributed by atoms with Crippen molar-refractivity contribution in [2.24, 2.45) is 5.92 Å². The third-order valence-electron chi connectivity index (χ3n) is 5.92. The van der Waals surface area contributed by atoms with E-state index in [1.54, 1.807) is 0 Å². The Morgan fingerprint density at radius 3 is 2.21 bits per heavy atom. The van der Waals surface area contributed by atoms with E-state index in [0.717, 1.165) is 62.8 Å². The number of benzene rings is 2. The molecule has 1 aliphatic carbocycles. The minimum absolute atomic E-state index is 0.110. The summed E-state index contributed by atoms with van der Waals surface area (Å²) in [5.74, 6) is -2.86. The maximum Gasteiger partial charge on any atom is 0.429 e. The summed E-state index contributed by atoms with van der Waals surface area (Å²) < 4.78 is 103. The minimum Gasteiger partial charge on any atom is -0.462 e. The Hall–Kier alpha value is -2.71. The summed E-state index contributed by atoms with van der Waals surface area (Å²) in [5, 5.41) is 0. The molecule has 1 fully saturated rings. The van der Waals surface area contributed by atoms with Gasteiger partial charge in [-0.1, -0.05) is 25.8 Å². The summed E-state index contributed by atoms with van der Waals surface area (Å²) in [6, 6.07) is 5.77. The molecule has 0 N–H and O–H groups in total. The number of allylic oxidation sites excluding steroid dienone is 1. The molecule has 0 radical (unpaired) electrons. The molecule has 2 nitrogen and oxygen atoms in total. The Morgan fingerprint density at radius 1 is 0.912 bits per heavy atom. The third kappa shape index (κ3) is 6.90. The fraction of sp³-hybridized carbons (Fsp3) is 0.440. The van der Waals surface area contributed by atoms with E-state index >= 15 is 0 Å². The van der Waals surface area contributed by atoms with E-state index < -0.39 is 41.0 Å². The fourth-order valence-electron chi connectivity index (χ4n) is 4.24. The first kappa shape index (κ1) is 25.9. The third-order valence-corrected chi connectivity index (χ3v) is 5.92. The monoisotopic (exact) mass is 490 g/mol. The molecule has 0 spiro atoms. The highest BCUT2D eigenvalue weighted by atomic mass is 19.4. The summed E-state index contributed by atoms with van der Waals surface area (Å²) in [6.07, 6.45) is -2.72. The molecule has 1 saturated carbocycles. The first-order chi connectivity index (χ1) is 16.0. The first-order valence-corrected chi connectivity index (χ1v) is 11.1. The molecular formula is C25H25F7O2. The molecule has 0 saturated heterocycles. The van der Waals surface area contributed by atoms with Gasteiger partial charge in [0.15, 0.2) is 11.6 Å². The topological polar surface area (TPSA) is 18.5 Å². The van der Waals surface area contributed by atoms with E-state index in [2.05, 4.69) is 16.4 Å².